The zero-order chi connectivity index (χ0) is 48.3. The smallest absolute Gasteiger partial charge is 0.0462 e. The van der Waals surface area contributed by atoms with Gasteiger partial charge in [0.05, 0.1) is 0 Å². The zero-order valence-corrected chi connectivity index (χ0v) is 42.7. The van der Waals surface area contributed by atoms with Gasteiger partial charge in [-0.05, 0) is 180 Å². The molecule has 0 aromatic heterocycles. The first-order valence-corrected chi connectivity index (χ1v) is 25.7. The van der Waals surface area contributed by atoms with Gasteiger partial charge in [-0.1, -0.05) is 203 Å². The Labute approximate surface area is 413 Å². The number of rotatable bonds is 11. The number of benzene rings is 8. The third-order valence-corrected chi connectivity index (χ3v) is 16.1. The van der Waals surface area contributed by atoms with Crippen molar-refractivity contribution in [2.45, 2.75) is 117 Å². The van der Waals surface area contributed by atoms with Crippen LogP contribution in [0.1, 0.15) is 139 Å². The first kappa shape index (κ1) is 46.1. The van der Waals surface area contributed by atoms with Crippen molar-refractivity contribution in [2.75, 3.05) is 4.90 Å². The van der Waals surface area contributed by atoms with Crippen molar-refractivity contribution >= 4 is 29.2 Å². The van der Waals surface area contributed by atoms with Gasteiger partial charge in [0.1, 0.15) is 0 Å². The molecule has 2 aliphatic carbocycles. The second-order valence-electron chi connectivity index (χ2n) is 21.9. The van der Waals surface area contributed by atoms with Crippen molar-refractivity contribution in [3.8, 4) is 44.5 Å². The summed E-state index contributed by atoms with van der Waals surface area (Å²) in [5, 5.41) is 0. The third-order valence-electron chi connectivity index (χ3n) is 16.1. The lowest BCUT2D eigenvalue weighted by molar-refractivity contribution is 0.485. The summed E-state index contributed by atoms with van der Waals surface area (Å²) in [4.78, 5) is 2.31. The first-order valence-electron chi connectivity index (χ1n) is 25.7. The van der Waals surface area contributed by atoms with Crippen LogP contribution in [-0.4, -0.2) is 0 Å². The monoisotopic (exact) mass is 900 g/mol. The molecule has 0 atom stereocenters. The molecule has 0 spiro atoms. The number of nitrogens with zero attached hydrogens (tertiary/aromatic N) is 1. The van der Waals surface area contributed by atoms with Crippen LogP contribution in [-0.2, 0) is 21.7 Å². The van der Waals surface area contributed by atoms with Gasteiger partial charge in [-0.3, -0.25) is 0 Å². The van der Waals surface area contributed by atoms with Crippen LogP contribution in [0.25, 0.3) is 56.7 Å². The first-order chi connectivity index (χ1) is 33.2. The van der Waals surface area contributed by atoms with E-state index in [1.807, 2.05) is 0 Å². The van der Waals surface area contributed by atoms with E-state index in [1.165, 1.54) is 89.0 Å². The van der Waals surface area contributed by atoms with E-state index in [0.717, 1.165) is 42.7 Å². The Bertz CT molecular complexity index is 3110. The molecule has 1 heteroatoms. The van der Waals surface area contributed by atoms with Gasteiger partial charge in [0.25, 0.3) is 0 Å². The number of hydrogen-bond acceptors (Lipinski definition) is 1. The molecule has 346 valence electrons. The number of hydrogen-bond donors (Lipinski definition) is 0. The standard InChI is InChI=1S/C68H69N/c1-11-67(12-2)61-39-47(26-25-46-27-30-48(31-28-46)49-32-35-56(36-33-49)69(54-21-17-15-18-22-54)55-23-19-16-20-24-55)29-37-57(61)59-44-64-60(45-63(59)67)58-38-34-50(42-62(58)68(64,13-3)14-4)51-40-52(65(5,6)7)43-53(41-51)66(8,9)10/h15-45H,11-14H2,1-10H3/b26-25+. The summed E-state index contributed by atoms with van der Waals surface area (Å²) >= 11 is 0. The molecule has 0 bridgehead atoms. The minimum atomic E-state index is -0.0412. The second kappa shape index (κ2) is 17.7. The maximum absolute atomic E-state index is 2.63. The highest BCUT2D eigenvalue weighted by molar-refractivity contribution is 5.92. The molecule has 8 aromatic rings. The summed E-state index contributed by atoms with van der Waals surface area (Å²) in [6.45, 7) is 23.7. The largest absolute Gasteiger partial charge is 0.311 e. The lowest BCUT2D eigenvalue weighted by atomic mass is 9.71. The van der Waals surface area contributed by atoms with E-state index in [-0.39, 0.29) is 21.7 Å². The van der Waals surface area contributed by atoms with Crippen LogP contribution >= 0.6 is 0 Å². The Kier molecular flexibility index (Phi) is 11.8. The van der Waals surface area contributed by atoms with Crippen LogP contribution in [0.4, 0.5) is 17.1 Å². The van der Waals surface area contributed by atoms with E-state index in [1.54, 1.807) is 0 Å². The van der Waals surface area contributed by atoms with Gasteiger partial charge >= 0.3 is 0 Å². The summed E-state index contributed by atoms with van der Waals surface area (Å²) in [7, 11) is 0. The lowest BCUT2D eigenvalue weighted by Gasteiger charge is -2.32. The molecular weight excluding hydrogens is 831 g/mol. The fourth-order valence-corrected chi connectivity index (χ4v) is 11.8. The van der Waals surface area contributed by atoms with E-state index in [2.05, 4.69) is 262 Å². The molecule has 0 fully saturated rings. The van der Waals surface area contributed by atoms with Crippen LogP contribution in [0.5, 0.6) is 0 Å². The van der Waals surface area contributed by atoms with Crippen molar-refractivity contribution in [1.82, 2.24) is 0 Å². The number of para-hydroxylation sites is 2. The topological polar surface area (TPSA) is 3.24 Å². The van der Waals surface area contributed by atoms with Gasteiger partial charge in [-0.2, -0.15) is 0 Å². The maximum atomic E-state index is 2.63. The third kappa shape index (κ3) is 7.99. The Balaban J connectivity index is 0.942. The van der Waals surface area contributed by atoms with Gasteiger partial charge in [-0.15, -0.1) is 0 Å². The highest BCUT2D eigenvalue weighted by Crippen LogP contribution is 2.60. The Morgan fingerprint density at radius 3 is 1.22 bits per heavy atom. The van der Waals surface area contributed by atoms with Gasteiger partial charge in [0.15, 0.2) is 0 Å². The molecule has 0 saturated carbocycles. The van der Waals surface area contributed by atoms with E-state index < -0.39 is 0 Å². The summed E-state index contributed by atoms with van der Waals surface area (Å²) in [6, 6.07) is 66.4. The molecule has 2 aliphatic rings. The van der Waals surface area contributed by atoms with Crippen molar-refractivity contribution in [2.24, 2.45) is 0 Å². The van der Waals surface area contributed by atoms with E-state index in [0.29, 0.717) is 0 Å². The normalized spacial score (nSPS) is 14.3. The van der Waals surface area contributed by atoms with E-state index >= 15 is 0 Å². The molecule has 1 nitrogen and oxygen atoms in total. The van der Waals surface area contributed by atoms with Gasteiger partial charge in [0, 0.05) is 27.9 Å². The van der Waals surface area contributed by atoms with E-state index in [4.69, 9.17) is 0 Å². The molecule has 0 aliphatic heterocycles. The van der Waals surface area contributed by atoms with Gasteiger partial charge in [-0.25, -0.2) is 0 Å². The lowest BCUT2D eigenvalue weighted by Crippen LogP contribution is -2.24. The minimum Gasteiger partial charge on any atom is -0.311 e. The summed E-state index contributed by atoms with van der Waals surface area (Å²) in [5.41, 5.74) is 25.5. The molecule has 0 unspecified atom stereocenters. The SMILES string of the molecule is CCC1(CC)c2cc(/C=C/c3ccc(-c4ccc(N(c5ccccc5)c5ccccc5)cc4)cc3)ccc2-c2cc3c(cc21)-c1ccc(-c2cc(C(C)(C)C)cc(C(C)(C)C)c2)cc1C3(CC)CC. The Morgan fingerprint density at radius 1 is 0.348 bits per heavy atom. The predicted molar refractivity (Wildman–Crippen MR) is 298 cm³/mol. The quantitative estimate of drug-likeness (QED) is 0.117. The molecule has 0 saturated heterocycles. The van der Waals surface area contributed by atoms with Crippen LogP contribution in [0.15, 0.2) is 176 Å². The Morgan fingerprint density at radius 2 is 0.739 bits per heavy atom. The second-order valence-corrected chi connectivity index (χ2v) is 21.9. The molecule has 0 amide bonds. The average Bonchev–Trinajstić information content (AvgIpc) is 3.80. The fourth-order valence-electron chi connectivity index (χ4n) is 11.8. The minimum absolute atomic E-state index is 0.0400. The fraction of sp³-hybridized carbons (Fsp3) is 0.265. The molecular formula is C68H69N. The summed E-state index contributed by atoms with van der Waals surface area (Å²) in [5.74, 6) is 0. The molecule has 10 rings (SSSR count). The Hall–Kier alpha value is -6.70. The zero-order valence-electron chi connectivity index (χ0n) is 42.7. The molecule has 8 aromatic carbocycles. The van der Waals surface area contributed by atoms with Crippen molar-refractivity contribution in [3.05, 3.63) is 220 Å². The highest BCUT2D eigenvalue weighted by Gasteiger charge is 2.46. The van der Waals surface area contributed by atoms with Crippen molar-refractivity contribution < 1.29 is 0 Å². The maximum Gasteiger partial charge on any atom is 0.0462 e. The van der Waals surface area contributed by atoms with Crippen molar-refractivity contribution in [3.63, 3.8) is 0 Å². The van der Waals surface area contributed by atoms with Crippen LogP contribution < -0.4 is 4.90 Å². The van der Waals surface area contributed by atoms with Crippen LogP contribution in [0.3, 0.4) is 0 Å². The van der Waals surface area contributed by atoms with Crippen molar-refractivity contribution in [1.29, 1.82) is 0 Å². The predicted octanol–water partition coefficient (Wildman–Crippen LogP) is 19.4. The van der Waals surface area contributed by atoms with Crippen LogP contribution in [0.2, 0.25) is 0 Å². The van der Waals surface area contributed by atoms with Gasteiger partial charge in [0.2, 0.25) is 0 Å². The van der Waals surface area contributed by atoms with Crippen LogP contribution in [0, 0.1) is 0 Å². The summed E-state index contributed by atoms with van der Waals surface area (Å²) < 4.78 is 0. The number of anilines is 3. The average molecular weight is 900 g/mol. The summed E-state index contributed by atoms with van der Waals surface area (Å²) in [6.07, 6.45) is 8.84. The highest BCUT2D eigenvalue weighted by atomic mass is 15.1. The molecule has 0 N–H and O–H groups in total. The number of fused-ring (bicyclic) bond motifs is 6. The van der Waals surface area contributed by atoms with E-state index in [9.17, 15) is 0 Å². The molecule has 0 radical (unpaired) electrons. The molecule has 69 heavy (non-hydrogen) atoms. The van der Waals surface area contributed by atoms with Gasteiger partial charge < -0.3 is 4.90 Å². The molecule has 0 heterocycles.